The average molecular weight is 294 g/mol. The molecule has 0 N–H and O–H groups in total. The van der Waals surface area contributed by atoms with E-state index < -0.39 is 5.41 Å². The lowest BCUT2D eigenvalue weighted by Crippen LogP contribution is -2.49. The van der Waals surface area contributed by atoms with Gasteiger partial charge in [0.15, 0.2) is 0 Å². The van der Waals surface area contributed by atoms with Crippen molar-refractivity contribution in [2.45, 2.75) is 51.2 Å². The Morgan fingerprint density at radius 1 is 1.48 bits per heavy atom. The Labute approximate surface area is 124 Å². The first kappa shape index (κ1) is 14.6. The van der Waals surface area contributed by atoms with Gasteiger partial charge >= 0.3 is 11.9 Å². The number of methoxy groups -OCH3 is 1. The molecule has 1 saturated heterocycles. The molecule has 0 aromatic heterocycles. The third kappa shape index (κ3) is 2.18. The smallest absolute Gasteiger partial charge is 0.316 e. The van der Waals surface area contributed by atoms with E-state index in [0.29, 0.717) is 13.0 Å². The molecule has 116 valence electrons. The fourth-order valence-electron chi connectivity index (χ4n) is 4.15. The maximum Gasteiger partial charge on any atom is 0.316 e. The molecular formula is C16H22O5. The number of rotatable bonds is 3. The summed E-state index contributed by atoms with van der Waals surface area (Å²) >= 11 is 0. The fourth-order valence-corrected chi connectivity index (χ4v) is 4.15. The highest BCUT2D eigenvalue weighted by Gasteiger charge is 2.57. The molecule has 4 atom stereocenters. The standard InChI is InChI=1S/C16H22O5/c1-3-20-15(18)16-8-7-12(19-2)10-5-4-6-11(16)14(10)21-13(17)9-16/h6,10,12,14H,3-5,7-9H2,1-2H3/t10-,12-,14+,16-/m1/s1. The summed E-state index contributed by atoms with van der Waals surface area (Å²) in [4.78, 5) is 24.7. The molecule has 1 heterocycles. The number of hydrogen-bond donors (Lipinski definition) is 0. The van der Waals surface area contributed by atoms with Crippen molar-refractivity contribution in [3.8, 4) is 0 Å². The van der Waals surface area contributed by atoms with Crippen LogP contribution in [0.25, 0.3) is 0 Å². The molecule has 5 heteroatoms. The third-order valence-electron chi connectivity index (χ3n) is 5.12. The molecule has 0 aromatic carbocycles. The van der Waals surface area contributed by atoms with E-state index in [1.54, 1.807) is 14.0 Å². The number of ether oxygens (including phenoxy) is 3. The van der Waals surface area contributed by atoms with E-state index in [2.05, 4.69) is 6.08 Å². The second kappa shape index (κ2) is 5.44. The fraction of sp³-hybridized carbons (Fsp3) is 0.750. The summed E-state index contributed by atoms with van der Waals surface area (Å²) in [6.45, 7) is 2.12. The van der Waals surface area contributed by atoms with Crippen molar-refractivity contribution in [3.63, 3.8) is 0 Å². The molecule has 5 nitrogen and oxygen atoms in total. The normalized spacial score (nSPS) is 38.1. The Morgan fingerprint density at radius 3 is 3.00 bits per heavy atom. The summed E-state index contributed by atoms with van der Waals surface area (Å²) in [7, 11) is 1.69. The Morgan fingerprint density at radius 2 is 2.29 bits per heavy atom. The van der Waals surface area contributed by atoms with Crippen molar-refractivity contribution in [3.05, 3.63) is 11.6 Å². The Hall–Kier alpha value is -1.36. The summed E-state index contributed by atoms with van der Waals surface area (Å²) in [5, 5.41) is 0. The largest absolute Gasteiger partial charge is 0.465 e. The lowest BCUT2D eigenvalue weighted by Gasteiger charge is -2.43. The minimum Gasteiger partial charge on any atom is -0.465 e. The predicted molar refractivity (Wildman–Crippen MR) is 74.4 cm³/mol. The first-order valence-corrected chi connectivity index (χ1v) is 7.72. The first-order chi connectivity index (χ1) is 10.1. The second-order valence-electron chi connectivity index (χ2n) is 6.10. The number of carbonyl (C=O) groups excluding carboxylic acids is 2. The summed E-state index contributed by atoms with van der Waals surface area (Å²) < 4.78 is 16.5. The lowest BCUT2D eigenvalue weighted by atomic mass is 9.68. The molecule has 3 aliphatic rings. The van der Waals surface area contributed by atoms with Crippen molar-refractivity contribution < 1.29 is 23.8 Å². The maximum absolute atomic E-state index is 12.6. The quantitative estimate of drug-likeness (QED) is 0.588. The topological polar surface area (TPSA) is 61.8 Å². The van der Waals surface area contributed by atoms with Gasteiger partial charge in [-0.1, -0.05) is 6.08 Å². The molecule has 0 spiro atoms. The van der Waals surface area contributed by atoms with Crippen molar-refractivity contribution in [1.82, 2.24) is 0 Å². The molecule has 1 aliphatic heterocycles. The zero-order valence-electron chi connectivity index (χ0n) is 12.6. The van der Waals surface area contributed by atoms with E-state index in [-0.39, 0.29) is 36.5 Å². The van der Waals surface area contributed by atoms with Crippen LogP contribution in [0.1, 0.15) is 39.0 Å². The van der Waals surface area contributed by atoms with Gasteiger partial charge in [0.05, 0.1) is 19.1 Å². The summed E-state index contributed by atoms with van der Waals surface area (Å²) in [5.74, 6) is -0.431. The van der Waals surface area contributed by atoms with Gasteiger partial charge in [-0.2, -0.15) is 0 Å². The Bertz CT molecular complexity index is 483. The molecule has 0 aromatic rings. The molecular weight excluding hydrogens is 272 g/mol. The van der Waals surface area contributed by atoms with Crippen molar-refractivity contribution in [2.24, 2.45) is 11.3 Å². The van der Waals surface area contributed by atoms with E-state index in [4.69, 9.17) is 14.2 Å². The monoisotopic (exact) mass is 294 g/mol. The molecule has 0 amide bonds. The summed E-state index contributed by atoms with van der Waals surface area (Å²) in [6.07, 6.45) is 5.06. The zero-order chi connectivity index (χ0) is 15.0. The van der Waals surface area contributed by atoms with E-state index in [0.717, 1.165) is 24.8 Å². The van der Waals surface area contributed by atoms with Gasteiger partial charge in [0, 0.05) is 13.0 Å². The lowest BCUT2D eigenvalue weighted by molar-refractivity contribution is -0.171. The van der Waals surface area contributed by atoms with Crippen LogP contribution in [-0.4, -0.2) is 37.9 Å². The zero-order valence-corrected chi connectivity index (χ0v) is 12.6. The number of carbonyl (C=O) groups is 2. The van der Waals surface area contributed by atoms with Gasteiger partial charge in [0.1, 0.15) is 11.5 Å². The van der Waals surface area contributed by atoms with Crippen molar-refractivity contribution in [2.75, 3.05) is 13.7 Å². The van der Waals surface area contributed by atoms with Crippen molar-refractivity contribution >= 4 is 11.9 Å². The molecule has 0 radical (unpaired) electrons. The van der Waals surface area contributed by atoms with Gasteiger partial charge in [-0.25, -0.2) is 0 Å². The third-order valence-corrected chi connectivity index (χ3v) is 5.12. The minimum atomic E-state index is -0.831. The van der Waals surface area contributed by atoms with Crippen LogP contribution in [0.15, 0.2) is 11.6 Å². The second-order valence-corrected chi connectivity index (χ2v) is 6.10. The van der Waals surface area contributed by atoms with Gasteiger partial charge < -0.3 is 14.2 Å². The van der Waals surface area contributed by atoms with Crippen LogP contribution >= 0.6 is 0 Å². The van der Waals surface area contributed by atoms with E-state index >= 15 is 0 Å². The van der Waals surface area contributed by atoms with Crippen LogP contribution in [0.2, 0.25) is 0 Å². The first-order valence-electron chi connectivity index (χ1n) is 7.72. The molecule has 4 bridgehead atoms. The van der Waals surface area contributed by atoms with Crippen LogP contribution in [-0.2, 0) is 23.8 Å². The van der Waals surface area contributed by atoms with Crippen LogP contribution < -0.4 is 0 Å². The van der Waals surface area contributed by atoms with Crippen LogP contribution in [0.3, 0.4) is 0 Å². The van der Waals surface area contributed by atoms with Gasteiger partial charge in [0.25, 0.3) is 0 Å². The van der Waals surface area contributed by atoms with Crippen molar-refractivity contribution in [1.29, 1.82) is 0 Å². The molecule has 2 aliphatic carbocycles. The predicted octanol–water partition coefficient (Wildman–Crippen LogP) is 2.00. The number of allylic oxidation sites excluding steroid dienone is 1. The van der Waals surface area contributed by atoms with Gasteiger partial charge in [-0.05, 0) is 38.2 Å². The van der Waals surface area contributed by atoms with Crippen LogP contribution in [0.4, 0.5) is 0 Å². The van der Waals surface area contributed by atoms with E-state index in [9.17, 15) is 9.59 Å². The molecule has 3 rings (SSSR count). The molecule has 21 heavy (non-hydrogen) atoms. The highest BCUT2D eigenvalue weighted by Crippen LogP contribution is 2.52. The summed E-state index contributed by atoms with van der Waals surface area (Å²) in [5.41, 5.74) is 0.124. The molecule has 0 unspecified atom stereocenters. The summed E-state index contributed by atoms with van der Waals surface area (Å²) in [6, 6.07) is 0. The number of esters is 2. The molecule has 1 saturated carbocycles. The highest BCUT2D eigenvalue weighted by atomic mass is 16.6. The van der Waals surface area contributed by atoms with Crippen LogP contribution in [0, 0.1) is 11.3 Å². The Kier molecular flexibility index (Phi) is 3.78. The SMILES string of the molecule is CCOC(=O)[C@@]12CC[C@@H](OC)[C@H]3CCC=C1[C@H]3OC(=O)C2. The van der Waals surface area contributed by atoms with Gasteiger partial charge in [-0.3, -0.25) is 9.59 Å². The minimum absolute atomic E-state index is 0.0286. The van der Waals surface area contributed by atoms with Gasteiger partial charge in [0.2, 0.25) is 0 Å². The van der Waals surface area contributed by atoms with Gasteiger partial charge in [-0.15, -0.1) is 0 Å². The van der Waals surface area contributed by atoms with Crippen LogP contribution in [0.5, 0.6) is 0 Å². The average Bonchev–Trinajstić information content (AvgIpc) is 2.53. The maximum atomic E-state index is 12.6. The Balaban J connectivity index is 2.06. The number of hydrogen-bond acceptors (Lipinski definition) is 5. The van der Waals surface area contributed by atoms with E-state index in [1.807, 2.05) is 0 Å². The highest BCUT2D eigenvalue weighted by molar-refractivity contribution is 5.89. The molecule has 2 fully saturated rings. The van der Waals surface area contributed by atoms with E-state index in [1.165, 1.54) is 0 Å².